The smallest absolute Gasteiger partial charge is 0.305 e. The number of unbranched alkanes of at least 4 members (excludes halogenated alkanes) is 35. The number of ether oxygens (including phenoxy) is 1. The van der Waals surface area contributed by atoms with E-state index in [1.807, 2.05) is 0 Å². The maximum absolute atomic E-state index is 12.4. The van der Waals surface area contributed by atoms with Gasteiger partial charge in [0.05, 0.1) is 25.4 Å². The Morgan fingerprint density at radius 3 is 1.22 bits per heavy atom. The van der Waals surface area contributed by atoms with Gasteiger partial charge in [0.2, 0.25) is 5.91 Å². The van der Waals surface area contributed by atoms with Crippen molar-refractivity contribution >= 4 is 11.9 Å². The molecule has 0 aliphatic carbocycles. The largest absolute Gasteiger partial charge is 0.466 e. The van der Waals surface area contributed by atoms with Crippen molar-refractivity contribution in [1.29, 1.82) is 0 Å². The SMILES string of the molecule is CCCCCCCC/C=C\CCCCCCCCCC(=O)OCCCCCCCCCCCCCCCC(=O)NC(CO)C(O)CCCCCCCCCCCCC. The zero-order valence-corrected chi connectivity index (χ0v) is 39.0. The van der Waals surface area contributed by atoms with E-state index in [0.717, 1.165) is 51.4 Å². The molecular weight excluding hydrogens is 719 g/mol. The highest BCUT2D eigenvalue weighted by molar-refractivity contribution is 5.76. The normalized spacial score (nSPS) is 12.7. The molecule has 6 nitrogen and oxygen atoms in total. The van der Waals surface area contributed by atoms with Gasteiger partial charge in [-0.05, 0) is 51.4 Å². The summed E-state index contributed by atoms with van der Waals surface area (Å²) in [4.78, 5) is 24.5. The zero-order valence-electron chi connectivity index (χ0n) is 39.0. The summed E-state index contributed by atoms with van der Waals surface area (Å²) in [5, 5.41) is 23.1. The van der Waals surface area contributed by atoms with Gasteiger partial charge in [0.25, 0.3) is 0 Å². The van der Waals surface area contributed by atoms with E-state index >= 15 is 0 Å². The minimum Gasteiger partial charge on any atom is -0.466 e. The first-order chi connectivity index (χ1) is 28.5. The van der Waals surface area contributed by atoms with Crippen molar-refractivity contribution in [3.63, 3.8) is 0 Å². The molecule has 2 atom stereocenters. The number of hydrogen-bond donors (Lipinski definition) is 3. The summed E-state index contributed by atoms with van der Waals surface area (Å²) in [5.74, 6) is -0.0572. The first-order valence-corrected chi connectivity index (χ1v) is 25.9. The van der Waals surface area contributed by atoms with Crippen LogP contribution in [0.2, 0.25) is 0 Å². The molecule has 0 radical (unpaired) electrons. The molecule has 344 valence electrons. The Hall–Kier alpha value is -1.40. The molecule has 0 saturated carbocycles. The lowest BCUT2D eigenvalue weighted by Gasteiger charge is -2.22. The molecule has 0 aliphatic rings. The van der Waals surface area contributed by atoms with E-state index in [-0.39, 0.29) is 18.5 Å². The molecule has 1 amide bonds. The van der Waals surface area contributed by atoms with Gasteiger partial charge < -0.3 is 20.3 Å². The van der Waals surface area contributed by atoms with E-state index in [0.29, 0.717) is 25.9 Å². The number of hydrogen-bond acceptors (Lipinski definition) is 5. The van der Waals surface area contributed by atoms with Crippen LogP contribution < -0.4 is 5.32 Å². The Kier molecular flexibility index (Phi) is 47.1. The lowest BCUT2D eigenvalue weighted by Crippen LogP contribution is -2.45. The number of nitrogens with one attached hydrogen (secondary N) is 1. The first kappa shape index (κ1) is 56.6. The van der Waals surface area contributed by atoms with Crippen LogP contribution in [0.15, 0.2) is 12.2 Å². The number of aliphatic hydroxyl groups excluding tert-OH is 2. The molecule has 0 saturated heterocycles. The van der Waals surface area contributed by atoms with E-state index in [1.54, 1.807) is 0 Å². The third-order valence-electron chi connectivity index (χ3n) is 12.1. The zero-order chi connectivity index (χ0) is 42.3. The summed E-state index contributed by atoms with van der Waals surface area (Å²) >= 11 is 0. The van der Waals surface area contributed by atoms with E-state index < -0.39 is 12.1 Å². The molecule has 0 aromatic rings. The van der Waals surface area contributed by atoms with Gasteiger partial charge in [-0.15, -0.1) is 0 Å². The molecule has 0 aliphatic heterocycles. The Bertz CT molecular complexity index is 863. The maximum Gasteiger partial charge on any atom is 0.305 e. The van der Waals surface area contributed by atoms with Crippen molar-refractivity contribution in [3.05, 3.63) is 12.2 Å². The average Bonchev–Trinajstić information content (AvgIpc) is 3.22. The summed E-state index contributed by atoms with van der Waals surface area (Å²) in [5.41, 5.74) is 0. The number of amides is 1. The van der Waals surface area contributed by atoms with Crippen molar-refractivity contribution in [2.24, 2.45) is 0 Å². The molecule has 58 heavy (non-hydrogen) atoms. The number of carbonyl (C=O) groups excluding carboxylic acids is 2. The molecule has 0 aromatic carbocycles. The standard InChI is InChI=1S/C52H101NO5/c1-3-5-7-9-11-13-15-16-17-18-19-22-26-30-34-38-42-46-52(57)58-47-43-39-35-31-27-23-20-21-25-29-33-37-41-45-51(56)53-49(48-54)50(55)44-40-36-32-28-24-14-12-10-8-6-4-2/h16-17,49-50,54-55H,3-15,18-48H2,1-2H3,(H,53,56)/b17-16-. The highest BCUT2D eigenvalue weighted by Crippen LogP contribution is 2.16. The Labute approximate surface area is 361 Å². The van der Waals surface area contributed by atoms with E-state index in [2.05, 4.69) is 31.3 Å². The van der Waals surface area contributed by atoms with Gasteiger partial charge in [-0.25, -0.2) is 0 Å². The highest BCUT2D eigenvalue weighted by atomic mass is 16.5. The van der Waals surface area contributed by atoms with Gasteiger partial charge in [0.1, 0.15) is 0 Å². The van der Waals surface area contributed by atoms with Crippen LogP contribution in [0.4, 0.5) is 0 Å². The fraction of sp³-hybridized carbons (Fsp3) is 0.923. The Morgan fingerprint density at radius 1 is 0.466 bits per heavy atom. The predicted molar refractivity (Wildman–Crippen MR) is 250 cm³/mol. The fourth-order valence-electron chi connectivity index (χ4n) is 8.05. The number of esters is 1. The number of aliphatic hydroxyl groups is 2. The molecule has 2 unspecified atom stereocenters. The van der Waals surface area contributed by atoms with Gasteiger partial charge in [-0.3, -0.25) is 9.59 Å². The third kappa shape index (κ3) is 44.2. The molecular formula is C52H101NO5. The Balaban J connectivity index is 3.42. The third-order valence-corrected chi connectivity index (χ3v) is 12.1. The topological polar surface area (TPSA) is 95.9 Å². The first-order valence-electron chi connectivity index (χ1n) is 25.9. The van der Waals surface area contributed by atoms with Crippen LogP contribution >= 0.6 is 0 Å². The van der Waals surface area contributed by atoms with Gasteiger partial charge in [-0.2, -0.15) is 0 Å². The molecule has 3 N–H and O–H groups in total. The highest BCUT2D eigenvalue weighted by Gasteiger charge is 2.20. The summed E-state index contributed by atoms with van der Waals surface area (Å²) in [7, 11) is 0. The number of rotatable bonds is 48. The molecule has 0 fully saturated rings. The van der Waals surface area contributed by atoms with Crippen molar-refractivity contribution < 1.29 is 24.5 Å². The number of carbonyl (C=O) groups is 2. The van der Waals surface area contributed by atoms with Crippen molar-refractivity contribution in [1.82, 2.24) is 5.32 Å². The second-order valence-electron chi connectivity index (χ2n) is 17.9. The van der Waals surface area contributed by atoms with Crippen LogP contribution in [0.3, 0.4) is 0 Å². The molecule has 6 heteroatoms. The van der Waals surface area contributed by atoms with E-state index in [9.17, 15) is 19.8 Å². The second-order valence-corrected chi connectivity index (χ2v) is 17.9. The molecule has 0 spiro atoms. The van der Waals surface area contributed by atoms with Crippen LogP contribution in [-0.2, 0) is 14.3 Å². The van der Waals surface area contributed by atoms with Crippen LogP contribution in [0, 0.1) is 0 Å². The molecule has 0 rings (SSSR count). The van der Waals surface area contributed by atoms with Gasteiger partial charge in [0.15, 0.2) is 0 Å². The monoisotopic (exact) mass is 820 g/mol. The summed E-state index contributed by atoms with van der Waals surface area (Å²) < 4.78 is 5.47. The van der Waals surface area contributed by atoms with Crippen LogP contribution in [-0.4, -0.2) is 47.4 Å². The van der Waals surface area contributed by atoms with E-state index in [1.165, 1.54) is 199 Å². The minimum atomic E-state index is -0.670. The average molecular weight is 820 g/mol. The molecule has 0 bridgehead atoms. The van der Waals surface area contributed by atoms with Crippen molar-refractivity contribution in [2.75, 3.05) is 13.2 Å². The van der Waals surface area contributed by atoms with Gasteiger partial charge >= 0.3 is 5.97 Å². The van der Waals surface area contributed by atoms with Crippen molar-refractivity contribution in [3.8, 4) is 0 Å². The van der Waals surface area contributed by atoms with Gasteiger partial charge in [-0.1, -0.05) is 231 Å². The van der Waals surface area contributed by atoms with Crippen LogP contribution in [0.25, 0.3) is 0 Å². The minimum absolute atomic E-state index is 0.00873. The second kappa shape index (κ2) is 48.3. The van der Waals surface area contributed by atoms with Crippen molar-refractivity contribution in [2.45, 2.75) is 296 Å². The predicted octanol–water partition coefficient (Wildman–Crippen LogP) is 15.3. The maximum atomic E-state index is 12.4. The molecule has 0 aromatic heterocycles. The Morgan fingerprint density at radius 2 is 0.810 bits per heavy atom. The lowest BCUT2D eigenvalue weighted by molar-refractivity contribution is -0.143. The number of allylic oxidation sites excluding steroid dienone is 2. The summed E-state index contributed by atoms with van der Waals surface area (Å²) in [6, 6.07) is -0.549. The molecule has 0 heterocycles. The fourth-order valence-corrected chi connectivity index (χ4v) is 8.05. The quantitative estimate of drug-likeness (QED) is 0.0323. The van der Waals surface area contributed by atoms with Gasteiger partial charge in [0, 0.05) is 12.8 Å². The van der Waals surface area contributed by atoms with Crippen LogP contribution in [0.1, 0.15) is 284 Å². The van der Waals surface area contributed by atoms with E-state index in [4.69, 9.17) is 4.74 Å². The summed E-state index contributed by atoms with van der Waals surface area (Å²) in [6.45, 7) is 4.91. The summed E-state index contributed by atoms with van der Waals surface area (Å²) in [6.07, 6.45) is 54.6. The lowest BCUT2D eigenvalue weighted by atomic mass is 10.0. The van der Waals surface area contributed by atoms with Crippen LogP contribution in [0.5, 0.6) is 0 Å².